The van der Waals surface area contributed by atoms with E-state index in [4.69, 9.17) is 9.47 Å². The predicted molar refractivity (Wildman–Crippen MR) is 127 cm³/mol. The average Bonchev–Trinajstić information content (AvgIpc) is 2.91. The number of hydrogen-bond donors (Lipinski definition) is 0. The van der Waals surface area contributed by atoms with Crippen molar-refractivity contribution < 1.29 is 54.6 Å². The Morgan fingerprint density at radius 3 is 1.75 bits per heavy atom. The number of esters is 2. The summed E-state index contributed by atoms with van der Waals surface area (Å²) in [5, 5.41) is 0. The van der Waals surface area contributed by atoms with Crippen LogP contribution in [-0.2, 0) is 21.8 Å². The van der Waals surface area contributed by atoms with Crippen LogP contribution in [-0.4, -0.2) is 36.7 Å². The molecule has 0 atom stereocenters. The second kappa shape index (κ2) is 11.0. The monoisotopic (exact) mass is 586 g/mol. The quantitative estimate of drug-likeness (QED) is 0.233. The first-order chi connectivity index (χ1) is 18.7. The predicted octanol–water partition coefficient (Wildman–Crippen LogP) is 6.85. The van der Waals surface area contributed by atoms with Crippen molar-refractivity contribution >= 4 is 29.5 Å². The molecule has 0 saturated carbocycles. The number of fused-ring (bicyclic) bond motifs is 1. The van der Waals surface area contributed by atoms with E-state index in [0.29, 0.717) is 17.0 Å². The van der Waals surface area contributed by atoms with Gasteiger partial charge < -0.3 is 9.47 Å². The molecule has 0 fully saturated rings. The van der Waals surface area contributed by atoms with Crippen molar-refractivity contribution in [2.45, 2.75) is 17.2 Å². The summed E-state index contributed by atoms with van der Waals surface area (Å²) >= 11 is 1.05. The molecule has 0 N–H and O–H groups in total. The van der Waals surface area contributed by atoms with Crippen LogP contribution in [0.15, 0.2) is 71.6 Å². The third-order valence-corrected chi connectivity index (χ3v) is 7.35. The van der Waals surface area contributed by atoms with Gasteiger partial charge >= 0.3 is 24.3 Å². The van der Waals surface area contributed by atoms with Gasteiger partial charge in [0, 0.05) is 16.2 Å². The second-order valence-corrected chi connectivity index (χ2v) is 9.87. The maximum absolute atomic E-state index is 13.9. The number of thioether (sulfide) groups is 1. The summed E-state index contributed by atoms with van der Waals surface area (Å²) in [7, 11) is 0. The van der Waals surface area contributed by atoms with Crippen molar-refractivity contribution in [1.82, 2.24) is 0 Å². The van der Waals surface area contributed by atoms with Crippen molar-refractivity contribution in [2.75, 3.05) is 19.0 Å². The fourth-order valence-corrected chi connectivity index (χ4v) is 5.05. The first-order valence-corrected chi connectivity index (χ1v) is 12.3. The summed E-state index contributed by atoms with van der Waals surface area (Å²) in [6, 6.07) is 10.1. The highest BCUT2D eigenvalue weighted by molar-refractivity contribution is 7.99. The molecule has 0 bridgehead atoms. The van der Waals surface area contributed by atoms with E-state index in [-0.39, 0.29) is 11.3 Å². The van der Waals surface area contributed by atoms with Crippen molar-refractivity contribution in [3.05, 3.63) is 100 Å². The van der Waals surface area contributed by atoms with Gasteiger partial charge in [-0.1, -0.05) is 12.1 Å². The van der Waals surface area contributed by atoms with Crippen LogP contribution < -0.4 is 0 Å². The zero-order valence-electron chi connectivity index (χ0n) is 20.1. The molecule has 0 aromatic heterocycles. The number of hydrogen-bond acceptors (Lipinski definition) is 6. The molecule has 0 radical (unpaired) electrons. The number of Topliss-reactive ketones (excluding diaryl/α,β-unsaturated/α-hetero) is 1. The molecule has 210 valence electrons. The number of ketones is 1. The van der Waals surface area contributed by atoms with Gasteiger partial charge in [0.25, 0.3) is 0 Å². The Morgan fingerprint density at radius 1 is 0.775 bits per heavy atom. The van der Waals surface area contributed by atoms with Gasteiger partial charge in [0.05, 0.1) is 22.3 Å². The fourth-order valence-electron chi connectivity index (χ4n) is 3.85. The summed E-state index contributed by atoms with van der Waals surface area (Å²) in [4.78, 5) is 39.1. The first-order valence-electron chi connectivity index (χ1n) is 11.4. The highest BCUT2D eigenvalue weighted by Crippen LogP contribution is 2.41. The van der Waals surface area contributed by atoms with Crippen LogP contribution in [0.4, 0.5) is 30.7 Å². The molecule has 13 heteroatoms. The smallest absolute Gasteiger partial charge is 0.416 e. The molecule has 1 aliphatic rings. The molecule has 0 amide bonds. The van der Waals surface area contributed by atoms with Gasteiger partial charge in [-0.25, -0.2) is 14.0 Å². The first kappa shape index (κ1) is 29.1. The largest absolute Gasteiger partial charge is 0.461 e. The number of ether oxygens (including phenoxy) is 2. The molecule has 0 saturated heterocycles. The minimum Gasteiger partial charge on any atom is -0.461 e. The van der Waals surface area contributed by atoms with Crippen molar-refractivity contribution in [3.63, 3.8) is 0 Å². The van der Waals surface area contributed by atoms with E-state index in [2.05, 4.69) is 0 Å². The fraction of sp³-hybridized carbons (Fsp3) is 0.222. The summed E-state index contributed by atoms with van der Waals surface area (Å²) in [6.07, 6.45) is -9.47. The molecule has 40 heavy (non-hydrogen) atoms. The number of alkyl halides is 6. The molecule has 3 aromatic rings. The van der Waals surface area contributed by atoms with Crippen LogP contribution in [0.25, 0.3) is 0 Å². The second-order valence-electron chi connectivity index (χ2n) is 8.85. The van der Waals surface area contributed by atoms with Crippen LogP contribution in [0.3, 0.4) is 0 Å². The molecule has 4 rings (SSSR count). The van der Waals surface area contributed by atoms with Crippen LogP contribution in [0.2, 0.25) is 0 Å². The Hall–Kier alpha value is -3.87. The Morgan fingerprint density at radius 2 is 1.27 bits per heavy atom. The van der Waals surface area contributed by atoms with E-state index in [9.17, 15) is 45.1 Å². The molecule has 1 heterocycles. The Bertz CT molecular complexity index is 1390. The van der Waals surface area contributed by atoms with Gasteiger partial charge in [-0.15, -0.1) is 11.8 Å². The Balaban J connectivity index is 1.59. The van der Waals surface area contributed by atoms with E-state index < -0.39 is 76.8 Å². The lowest BCUT2D eigenvalue weighted by molar-refractivity contribution is -0.138. The van der Waals surface area contributed by atoms with Crippen LogP contribution >= 0.6 is 11.8 Å². The van der Waals surface area contributed by atoms with Gasteiger partial charge in [0.15, 0.2) is 5.78 Å². The molecule has 3 aromatic carbocycles. The standard InChI is InChI=1S/C27H17F7O5S/c28-19-7-8-21-20(11-19)22(35)25(14-40-21,12-38-23(36)15-3-1-5-17(9-15)26(29,30)31)13-39-24(37)16-4-2-6-18(10-16)27(32,33)34/h1-11H,12-14H2. The minimum absolute atomic E-state index is 0.110. The van der Waals surface area contributed by atoms with Gasteiger partial charge in [-0.05, 0) is 54.6 Å². The molecular weight excluding hydrogens is 569 g/mol. The third-order valence-electron chi connectivity index (χ3n) is 5.98. The minimum atomic E-state index is -4.74. The molecule has 0 unspecified atom stereocenters. The normalized spacial score (nSPS) is 14.8. The molecular formula is C27H17F7O5S. The van der Waals surface area contributed by atoms with E-state index in [0.717, 1.165) is 60.3 Å². The number of carbonyl (C=O) groups excluding carboxylic acids is 3. The lowest BCUT2D eigenvalue weighted by Gasteiger charge is -2.35. The summed E-state index contributed by atoms with van der Waals surface area (Å²) in [5.41, 5.74) is -5.08. The maximum atomic E-state index is 13.9. The number of carbonyl (C=O) groups is 3. The van der Waals surface area contributed by atoms with E-state index >= 15 is 0 Å². The summed E-state index contributed by atoms with van der Waals surface area (Å²) in [5.74, 6) is -4.12. The van der Waals surface area contributed by atoms with Gasteiger partial charge in [-0.2, -0.15) is 26.3 Å². The van der Waals surface area contributed by atoms with E-state index in [1.165, 1.54) is 6.07 Å². The van der Waals surface area contributed by atoms with Crippen LogP contribution in [0.1, 0.15) is 42.2 Å². The number of benzene rings is 3. The van der Waals surface area contributed by atoms with Gasteiger partial charge in [-0.3, -0.25) is 4.79 Å². The number of rotatable bonds is 6. The Labute approximate surface area is 226 Å². The average molecular weight is 586 g/mol. The molecule has 0 spiro atoms. The molecule has 0 aliphatic carbocycles. The third kappa shape index (κ3) is 6.30. The molecule has 5 nitrogen and oxygen atoms in total. The highest BCUT2D eigenvalue weighted by Gasteiger charge is 2.46. The van der Waals surface area contributed by atoms with Crippen molar-refractivity contribution in [1.29, 1.82) is 0 Å². The maximum Gasteiger partial charge on any atom is 0.416 e. The summed E-state index contributed by atoms with van der Waals surface area (Å²) in [6.45, 7) is -1.56. The van der Waals surface area contributed by atoms with E-state index in [1.54, 1.807) is 0 Å². The van der Waals surface area contributed by atoms with Gasteiger partial charge in [0.2, 0.25) is 0 Å². The van der Waals surface area contributed by atoms with E-state index in [1.807, 2.05) is 0 Å². The van der Waals surface area contributed by atoms with Gasteiger partial charge in [0.1, 0.15) is 24.4 Å². The molecule has 1 aliphatic heterocycles. The van der Waals surface area contributed by atoms with Crippen LogP contribution in [0.5, 0.6) is 0 Å². The lowest BCUT2D eigenvalue weighted by Crippen LogP contribution is -2.46. The highest BCUT2D eigenvalue weighted by atomic mass is 32.2. The zero-order valence-corrected chi connectivity index (χ0v) is 20.9. The van der Waals surface area contributed by atoms with Crippen molar-refractivity contribution in [3.8, 4) is 0 Å². The Kier molecular flexibility index (Phi) is 7.97. The van der Waals surface area contributed by atoms with Crippen molar-refractivity contribution in [2.24, 2.45) is 5.41 Å². The van der Waals surface area contributed by atoms with Crippen LogP contribution in [0, 0.1) is 11.2 Å². The SMILES string of the molecule is O=C(OCC1(COC(=O)c2cccc(C(F)(F)F)c2)CSc2ccc(F)cc2C1=O)c1cccc(C(F)(F)F)c1. The number of halogens is 7. The zero-order chi connectivity index (χ0) is 29.3. The summed E-state index contributed by atoms with van der Waals surface area (Å²) < 4.78 is 103. The topological polar surface area (TPSA) is 69.7 Å². The lowest BCUT2D eigenvalue weighted by atomic mass is 9.82.